The fourth-order valence-electron chi connectivity index (χ4n) is 2.29. The highest BCUT2D eigenvalue weighted by Crippen LogP contribution is 2.06. The Morgan fingerprint density at radius 3 is 2.50 bits per heavy atom. The normalized spacial score (nSPS) is 15.4. The third-order valence-corrected chi connectivity index (χ3v) is 3.50. The van der Waals surface area contributed by atoms with Gasteiger partial charge in [0.05, 0.1) is 19.6 Å². The second-order valence-electron chi connectivity index (χ2n) is 5.29. The van der Waals surface area contributed by atoms with E-state index in [-0.39, 0.29) is 6.61 Å². The van der Waals surface area contributed by atoms with E-state index in [0.29, 0.717) is 26.3 Å². The summed E-state index contributed by atoms with van der Waals surface area (Å²) in [4.78, 5) is 36.7. The molecule has 0 radical (unpaired) electrons. The number of nitrogens with one attached hydrogen (secondary N) is 1. The summed E-state index contributed by atoms with van der Waals surface area (Å²) < 4.78 is 10.2. The maximum absolute atomic E-state index is 12.4. The van der Waals surface area contributed by atoms with Gasteiger partial charge < -0.3 is 24.8 Å². The lowest BCUT2D eigenvalue weighted by molar-refractivity contribution is -0.144. The van der Waals surface area contributed by atoms with Crippen LogP contribution in [0.1, 0.15) is 12.0 Å². The van der Waals surface area contributed by atoms with Crippen molar-refractivity contribution in [3.8, 4) is 0 Å². The van der Waals surface area contributed by atoms with Crippen molar-refractivity contribution in [2.45, 2.75) is 19.1 Å². The molecule has 0 saturated carbocycles. The molecule has 1 aliphatic heterocycles. The topological polar surface area (TPSA) is 105 Å². The fourth-order valence-corrected chi connectivity index (χ4v) is 2.29. The molecule has 1 fully saturated rings. The van der Waals surface area contributed by atoms with E-state index in [1.807, 2.05) is 18.2 Å². The quantitative estimate of drug-likeness (QED) is 0.789. The average Bonchev–Trinajstić information content (AvgIpc) is 2.60. The van der Waals surface area contributed by atoms with Gasteiger partial charge >= 0.3 is 12.1 Å². The predicted molar refractivity (Wildman–Crippen MR) is 83.2 cm³/mol. The van der Waals surface area contributed by atoms with Gasteiger partial charge in [-0.3, -0.25) is 9.59 Å². The first-order chi connectivity index (χ1) is 11.6. The number of aliphatic carboxylic acids is 1. The Bertz CT molecular complexity index is 571. The standard InChI is InChI=1S/C16H20N2O6/c19-14(20)10-13(15(21)18-6-8-23-9-7-18)17-16(22)24-11-12-4-2-1-3-5-12/h1-5,13H,6-11H2,(H,17,22)(H,19,20)/t13-/m0/s1. The maximum atomic E-state index is 12.4. The minimum atomic E-state index is -1.18. The summed E-state index contributed by atoms with van der Waals surface area (Å²) in [6.07, 6.45) is -1.33. The number of hydrogen-bond donors (Lipinski definition) is 2. The van der Waals surface area contributed by atoms with Crippen LogP contribution in [0.2, 0.25) is 0 Å². The third kappa shape index (κ3) is 5.54. The first-order valence-corrected chi connectivity index (χ1v) is 7.62. The van der Waals surface area contributed by atoms with E-state index >= 15 is 0 Å². The van der Waals surface area contributed by atoms with E-state index in [1.165, 1.54) is 4.90 Å². The number of benzene rings is 1. The highest BCUT2D eigenvalue weighted by atomic mass is 16.5. The molecular formula is C16H20N2O6. The SMILES string of the molecule is O=C(O)C[C@H](NC(=O)OCc1ccccc1)C(=O)N1CCOCC1. The fraction of sp³-hybridized carbons (Fsp3) is 0.438. The molecule has 1 saturated heterocycles. The highest BCUT2D eigenvalue weighted by Gasteiger charge is 2.29. The molecule has 1 aromatic rings. The van der Waals surface area contributed by atoms with E-state index in [4.69, 9.17) is 14.6 Å². The summed E-state index contributed by atoms with van der Waals surface area (Å²) in [7, 11) is 0. The van der Waals surface area contributed by atoms with E-state index < -0.39 is 30.4 Å². The molecule has 8 heteroatoms. The molecule has 1 aliphatic rings. The van der Waals surface area contributed by atoms with Crippen LogP contribution in [0.4, 0.5) is 4.79 Å². The van der Waals surface area contributed by atoms with E-state index in [1.54, 1.807) is 12.1 Å². The number of hydrogen-bond acceptors (Lipinski definition) is 5. The Hall–Kier alpha value is -2.61. The molecular weight excluding hydrogens is 316 g/mol. The molecule has 0 unspecified atom stereocenters. The molecule has 0 spiro atoms. The van der Waals surface area contributed by atoms with E-state index in [2.05, 4.69) is 5.32 Å². The number of rotatable bonds is 6. The van der Waals surface area contributed by atoms with Gasteiger partial charge in [0.1, 0.15) is 12.6 Å². The van der Waals surface area contributed by atoms with Crippen LogP contribution < -0.4 is 5.32 Å². The van der Waals surface area contributed by atoms with Crippen LogP contribution >= 0.6 is 0 Å². The predicted octanol–water partition coefficient (Wildman–Crippen LogP) is 0.615. The Labute approximate surface area is 139 Å². The first kappa shape index (κ1) is 17.7. The smallest absolute Gasteiger partial charge is 0.408 e. The lowest BCUT2D eigenvalue weighted by atomic mass is 10.1. The van der Waals surface area contributed by atoms with Crippen molar-refractivity contribution in [3.63, 3.8) is 0 Å². The summed E-state index contributed by atoms with van der Waals surface area (Å²) in [5.74, 6) is -1.62. The number of carboxylic acids is 1. The number of carboxylic acid groups (broad SMARTS) is 1. The van der Waals surface area contributed by atoms with Crippen molar-refractivity contribution >= 4 is 18.0 Å². The van der Waals surface area contributed by atoms with Gasteiger partial charge in [0.15, 0.2) is 0 Å². The number of morpholine rings is 1. The molecule has 8 nitrogen and oxygen atoms in total. The lowest BCUT2D eigenvalue weighted by Crippen LogP contribution is -2.52. The first-order valence-electron chi connectivity index (χ1n) is 7.62. The maximum Gasteiger partial charge on any atom is 0.408 e. The summed E-state index contributed by atoms with van der Waals surface area (Å²) in [5.41, 5.74) is 0.793. The third-order valence-electron chi connectivity index (χ3n) is 3.50. The molecule has 1 aromatic carbocycles. The second-order valence-corrected chi connectivity index (χ2v) is 5.29. The molecule has 1 atom stereocenters. The van der Waals surface area contributed by atoms with Crippen LogP contribution in [0.15, 0.2) is 30.3 Å². The number of carbonyl (C=O) groups is 3. The number of alkyl carbamates (subject to hydrolysis) is 1. The molecule has 1 heterocycles. The van der Waals surface area contributed by atoms with Crippen molar-refractivity contribution in [1.82, 2.24) is 10.2 Å². The molecule has 0 aromatic heterocycles. The number of carbonyl (C=O) groups excluding carboxylic acids is 2. The van der Waals surface area contributed by atoms with Crippen molar-refractivity contribution in [2.24, 2.45) is 0 Å². The molecule has 2 amide bonds. The molecule has 24 heavy (non-hydrogen) atoms. The van der Waals surface area contributed by atoms with Crippen LogP contribution in [0.25, 0.3) is 0 Å². The monoisotopic (exact) mass is 336 g/mol. The molecule has 2 N–H and O–H groups in total. The van der Waals surface area contributed by atoms with Crippen molar-refractivity contribution in [1.29, 1.82) is 0 Å². The van der Waals surface area contributed by atoms with Gasteiger partial charge in [-0.1, -0.05) is 30.3 Å². The van der Waals surface area contributed by atoms with E-state index in [0.717, 1.165) is 5.56 Å². The van der Waals surface area contributed by atoms with Crippen LogP contribution in [-0.2, 0) is 25.7 Å². The van der Waals surface area contributed by atoms with Gasteiger partial charge in [-0.25, -0.2) is 4.79 Å². The number of nitrogens with zero attached hydrogens (tertiary/aromatic N) is 1. The Balaban J connectivity index is 1.90. The minimum Gasteiger partial charge on any atom is -0.481 e. The van der Waals surface area contributed by atoms with Gasteiger partial charge in [-0.05, 0) is 5.56 Å². The zero-order chi connectivity index (χ0) is 17.4. The lowest BCUT2D eigenvalue weighted by Gasteiger charge is -2.30. The van der Waals surface area contributed by atoms with Gasteiger partial charge in [0.25, 0.3) is 0 Å². The molecule has 130 valence electrons. The van der Waals surface area contributed by atoms with Crippen LogP contribution in [0.5, 0.6) is 0 Å². The van der Waals surface area contributed by atoms with Crippen LogP contribution in [0, 0.1) is 0 Å². The van der Waals surface area contributed by atoms with Gasteiger partial charge in [0.2, 0.25) is 5.91 Å². The highest BCUT2D eigenvalue weighted by molar-refractivity contribution is 5.89. The van der Waals surface area contributed by atoms with Gasteiger partial charge in [-0.2, -0.15) is 0 Å². The summed E-state index contributed by atoms with van der Waals surface area (Å²) in [6.45, 7) is 1.57. The average molecular weight is 336 g/mol. The van der Waals surface area contributed by atoms with Crippen molar-refractivity contribution in [3.05, 3.63) is 35.9 Å². The molecule has 2 rings (SSSR count). The molecule has 0 aliphatic carbocycles. The number of amides is 2. The van der Waals surface area contributed by atoms with Gasteiger partial charge in [0, 0.05) is 13.1 Å². The molecule has 0 bridgehead atoms. The minimum absolute atomic E-state index is 0.0399. The zero-order valence-corrected chi connectivity index (χ0v) is 13.1. The van der Waals surface area contributed by atoms with Crippen molar-refractivity contribution < 1.29 is 29.0 Å². The second kappa shape index (κ2) is 8.88. The Kier molecular flexibility index (Phi) is 6.56. The summed E-state index contributed by atoms with van der Waals surface area (Å²) in [6, 6.07) is 7.89. The Morgan fingerprint density at radius 2 is 1.88 bits per heavy atom. The zero-order valence-electron chi connectivity index (χ0n) is 13.1. The number of ether oxygens (including phenoxy) is 2. The summed E-state index contributed by atoms with van der Waals surface area (Å²) >= 11 is 0. The van der Waals surface area contributed by atoms with Crippen LogP contribution in [0.3, 0.4) is 0 Å². The van der Waals surface area contributed by atoms with Gasteiger partial charge in [-0.15, -0.1) is 0 Å². The largest absolute Gasteiger partial charge is 0.481 e. The van der Waals surface area contributed by atoms with E-state index in [9.17, 15) is 14.4 Å². The van der Waals surface area contributed by atoms with Crippen LogP contribution in [-0.4, -0.2) is 60.3 Å². The van der Waals surface area contributed by atoms with Crippen molar-refractivity contribution in [2.75, 3.05) is 26.3 Å². The Morgan fingerprint density at radius 1 is 1.21 bits per heavy atom. The summed E-state index contributed by atoms with van der Waals surface area (Å²) in [5, 5.41) is 11.3.